The number of imidazole rings is 1. The Balaban J connectivity index is 1.56. The second kappa shape index (κ2) is 6.02. The average Bonchev–Trinajstić information content (AvgIpc) is 2.94. The van der Waals surface area contributed by atoms with Crippen molar-refractivity contribution in [2.75, 3.05) is 39.4 Å². The van der Waals surface area contributed by atoms with Gasteiger partial charge in [0.05, 0.1) is 30.3 Å². The lowest BCUT2D eigenvalue weighted by Gasteiger charge is -2.44. The maximum Gasteiger partial charge on any atom is 0.320 e. The van der Waals surface area contributed by atoms with Crippen molar-refractivity contribution in [3.8, 4) is 0 Å². The van der Waals surface area contributed by atoms with Gasteiger partial charge in [0, 0.05) is 31.6 Å². The third-order valence-corrected chi connectivity index (χ3v) is 5.05. The molecule has 25 heavy (non-hydrogen) atoms. The standard InChI is InChI=1S/C19H26N4O2/c1-19(2,3)17-20-15-6-4-5-7-16(15)23(17)14-12-22(13-14)18(24)21-8-10-25-11-9-21/h4-7,14H,8-13H2,1-3H3. The first-order valence-corrected chi connectivity index (χ1v) is 9.04. The number of morpholine rings is 1. The number of hydrogen-bond donors (Lipinski definition) is 0. The summed E-state index contributed by atoms with van der Waals surface area (Å²) in [5.74, 6) is 1.09. The smallest absolute Gasteiger partial charge is 0.320 e. The molecule has 0 spiro atoms. The fourth-order valence-electron chi connectivity index (χ4n) is 3.67. The molecule has 0 atom stereocenters. The van der Waals surface area contributed by atoms with E-state index in [0.29, 0.717) is 32.3 Å². The SMILES string of the molecule is CC(C)(C)c1nc2ccccc2n1C1CN(C(=O)N2CCOCC2)C1. The summed E-state index contributed by atoms with van der Waals surface area (Å²) in [6, 6.07) is 8.72. The summed E-state index contributed by atoms with van der Waals surface area (Å²) < 4.78 is 7.68. The Kier molecular flexibility index (Phi) is 3.95. The van der Waals surface area contributed by atoms with Gasteiger partial charge in [-0.2, -0.15) is 0 Å². The average molecular weight is 342 g/mol. The number of likely N-dealkylation sites (tertiary alicyclic amines) is 1. The molecule has 4 rings (SSSR count). The molecular formula is C19H26N4O2. The molecule has 1 aromatic carbocycles. The first kappa shape index (κ1) is 16.4. The van der Waals surface area contributed by atoms with Crippen LogP contribution in [0.5, 0.6) is 0 Å². The summed E-state index contributed by atoms with van der Waals surface area (Å²) in [6.45, 7) is 10.8. The zero-order chi connectivity index (χ0) is 17.6. The number of carbonyl (C=O) groups is 1. The summed E-state index contributed by atoms with van der Waals surface area (Å²) in [7, 11) is 0. The molecule has 0 radical (unpaired) electrons. The van der Waals surface area contributed by atoms with Crippen LogP contribution < -0.4 is 0 Å². The van der Waals surface area contributed by atoms with Crippen LogP contribution in [0.2, 0.25) is 0 Å². The number of hydrogen-bond acceptors (Lipinski definition) is 3. The lowest BCUT2D eigenvalue weighted by Crippen LogP contribution is -2.57. The summed E-state index contributed by atoms with van der Waals surface area (Å²) in [5.41, 5.74) is 2.16. The molecule has 0 N–H and O–H groups in total. The van der Waals surface area contributed by atoms with Crippen molar-refractivity contribution in [3.63, 3.8) is 0 Å². The van der Waals surface area contributed by atoms with Crippen molar-refractivity contribution in [1.82, 2.24) is 19.4 Å². The molecule has 0 saturated carbocycles. The fraction of sp³-hybridized carbons (Fsp3) is 0.579. The number of urea groups is 1. The predicted molar refractivity (Wildman–Crippen MR) is 96.8 cm³/mol. The van der Waals surface area contributed by atoms with E-state index in [1.54, 1.807) is 0 Å². The lowest BCUT2D eigenvalue weighted by molar-refractivity contribution is 0.0301. The normalized spacial score (nSPS) is 19.3. The van der Waals surface area contributed by atoms with E-state index in [9.17, 15) is 4.79 Å². The van der Waals surface area contributed by atoms with E-state index < -0.39 is 0 Å². The van der Waals surface area contributed by atoms with Crippen molar-refractivity contribution in [2.45, 2.75) is 32.2 Å². The second-order valence-electron chi connectivity index (χ2n) is 7.98. The van der Waals surface area contributed by atoms with Gasteiger partial charge in [-0.25, -0.2) is 9.78 Å². The number of para-hydroxylation sites is 2. The summed E-state index contributed by atoms with van der Waals surface area (Å²) in [6.07, 6.45) is 0. The minimum absolute atomic E-state index is 0.0341. The molecule has 2 aliphatic rings. The number of aromatic nitrogens is 2. The number of ether oxygens (including phenoxy) is 1. The maximum atomic E-state index is 12.6. The highest BCUT2D eigenvalue weighted by Crippen LogP contribution is 2.33. The summed E-state index contributed by atoms with van der Waals surface area (Å²) in [4.78, 5) is 21.3. The van der Waals surface area contributed by atoms with Crippen LogP contribution in [-0.4, -0.2) is 64.8 Å². The molecule has 2 aliphatic heterocycles. The van der Waals surface area contributed by atoms with E-state index >= 15 is 0 Å². The number of benzene rings is 1. The fourth-order valence-corrected chi connectivity index (χ4v) is 3.67. The van der Waals surface area contributed by atoms with E-state index in [-0.39, 0.29) is 11.4 Å². The molecule has 2 saturated heterocycles. The Bertz CT molecular complexity index is 780. The second-order valence-corrected chi connectivity index (χ2v) is 7.98. The van der Waals surface area contributed by atoms with Crippen molar-refractivity contribution in [3.05, 3.63) is 30.1 Å². The van der Waals surface area contributed by atoms with E-state index in [1.165, 1.54) is 0 Å². The van der Waals surface area contributed by atoms with Crippen LogP contribution in [0.3, 0.4) is 0 Å². The maximum absolute atomic E-state index is 12.6. The Morgan fingerprint density at radius 2 is 1.80 bits per heavy atom. The Morgan fingerprint density at radius 1 is 1.12 bits per heavy atom. The molecule has 0 aliphatic carbocycles. The number of carbonyl (C=O) groups excluding carboxylic acids is 1. The third kappa shape index (κ3) is 2.88. The van der Waals surface area contributed by atoms with E-state index in [2.05, 4.69) is 43.5 Å². The molecule has 3 heterocycles. The van der Waals surface area contributed by atoms with Gasteiger partial charge in [0.2, 0.25) is 0 Å². The topological polar surface area (TPSA) is 50.6 Å². The van der Waals surface area contributed by atoms with Crippen LogP contribution in [0, 0.1) is 0 Å². The minimum Gasteiger partial charge on any atom is -0.378 e. The molecule has 1 aromatic heterocycles. The molecule has 2 amide bonds. The molecule has 0 unspecified atom stereocenters. The van der Waals surface area contributed by atoms with Gasteiger partial charge in [0.25, 0.3) is 0 Å². The van der Waals surface area contributed by atoms with Crippen LogP contribution in [0.25, 0.3) is 11.0 Å². The van der Waals surface area contributed by atoms with Gasteiger partial charge in [0.15, 0.2) is 0 Å². The van der Waals surface area contributed by atoms with Gasteiger partial charge in [-0.15, -0.1) is 0 Å². The quantitative estimate of drug-likeness (QED) is 0.800. The number of fused-ring (bicyclic) bond motifs is 1. The van der Waals surface area contributed by atoms with E-state index in [4.69, 9.17) is 9.72 Å². The molecule has 6 nitrogen and oxygen atoms in total. The van der Waals surface area contributed by atoms with Crippen LogP contribution in [-0.2, 0) is 10.2 Å². The minimum atomic E-state index is -0.0341. The Morgan fingerprint density at radius 3 is 2.48 bits per heavy atom. The predicted octanol–water partition coefficient (Wildman–Crippen LogP) is 2.64. The summed E-state index contributed by atoms with van der Waals surface area (Å²) >= 11 is 0. The number of nitrogens with zero attached hydrogens (tertiary/aromatic N) is 4. The van der Waals surface area contributed by atoms with Crippen LogP contribution in [0.15, 0.2) is 24.3 Å². The lowest BCUT2D eigenvalue weighted by atomic mass is 9.94. The van der Waals surface area contributed by atoms with Crippen LogP contribution in [0.4, 0.5) is 4.79 Å². The molecule has 6 heteroatoms. The van der Waals surface area contributed by atoms with E-state index in [1.807, 2.05) is 15.9 Å². The molecule has 2 aromatic rings. The van der Waals surface area contributed by atoms with E-state index in [0.717, 1.165) is 29.9 Å². The third-order valence-electron chi connectivity index (χ3n) is 5.05. The van der Waals surface area contributed by atoms with Gasteiger partial charge in [-0.3, -0.25) is 0 Å². The molecular weight excluding hydrogens is 316 g/mol. The number of rotatable bonds is 1. The van der Waals surface area contributed by atoms with Crippen molar-refractivity contribution in [1.29, 1.82) is 0 Å². The zero-order valence-corrected chi connectivity index (χ0v) is 15.2. The first-order chi connectivity index (χ1) is 11.9. The van der Waals surface area contributed by atoms with Gasteiger partial charge in [0.1, 0.15) is 5.82 Å². The first-order valence-electron chi connectivity index (χ1n) is 9.04. The molecule has 2 fully saturated rings. The van der Waals surface area contributed by atoms with Crippen molar-refractivity contribution < 1.29 is 9.53 Å². The van der Waals surface area contributed by atoms with Gasteiger partial charge in [-0.05, 0) is 12.1 Å². The Labute approximate surface area is 148 Å². The highest BCUT2D eigenvalue weighted by Gasteiger charge is 2.38. The zero-order valence-electron chi connectivity index (χ0n) is 15.2. The van der Waals surface area contributed by atoms with Gasteiger partial charge < -0.3 is 19.1 Å². The van der Waals surface area contributed by atoms with Crippen LogP contribution >= 0.6 is 0 Å². The monoisotopic (exact) mass is 342 g/mol. The largest absolute Gasteiger partial charge is 0.378 e. The van der Waals surface area contributed by atoms with Gasteiger partial charge >= 0.3 is 6.03 Å². The highest BCUT2D eigenvalue weighted by atomic mass is 16.5. The van der Waals surface area contributed by atoms with Gasteiger partial charge in [-0.1, -0.05) is 32.9 Å². The molecule has 134 valence electrons. The van der Waals surface area contributed by atoms with Crippen LogP contribution in [0.1, 0.15) is 32.6 Å². The van der Waals surface area contributed by atoms with Crippen molar-refractivity contribution >= 4 is 17.1 Å². The number of amides is 2. The van der Waals surface area contributed by atoms with Crippen molar-refractivity contribution in [2.24, 2.45) is 0 Å². The Hall–Kier alpha value is -2.08. The highest BCUT2D eigenvalue weighted by molar-refractivity contribution is 5.78. The molecule has 0 bridgehead atoms. The summed E-state index contributed by atoms with van der Waals surface area (Å²) in [5, 5.41) is 0.